The van der Waals surface area contributed by atoms with Gasteiger partial charge in [0.15, 0.2) is 0 Å². The largest absolute Gasteiger partial charge is 0.351 e. The Morgan fingerprint density at radius 3 is 2.78 bits per heavy atom. The quantitative estimate of drug-likeness (QED) is 0.868. The average Bonchev–Trinajstić information content (AvgIpc) is 3.08. The predicted molar refractivity (Wildman–Crippen MR) is 94.4 cm³/mol. The minimum atomic E-state index is 0.00369. The van der Waals surface area contributed by atoms with E-state index in [4.69, 9.17) is 0 Å². The molecule has 0 saturated carbocycles. The monoisotopic (exact) mass is 375 g/mol. The molecule has 23 heavy (non-hydrogen) atoms. The summed E-state index contributed by atoms with van der Waals surface area (Å²) in [5.74, 6) is 0.556. The van der Waals surface area contributed by atoms with Crippen molar-refractivity contribution in [1.29, 1.82) is 0 Å². The van der Waals surface area contributed by atoms with Crippen molar-refractivity contribution in [1.82, 2.24) is 14.9 Å². The van der Waals surface area contributed by atoms with E-state index < -0.39 is 0 Å². The molecule has 0 amide bonds. The van der Waals surface area contributed by atoms with E-state index in [0.717, 1.165) is 41.7 Å². The highest BCUT2D eigenvalue weighted by molar-refractivity contribution is 9.10. The summed E-state index contributed by atoms with van der Waals surface area (Å²) in [5, 5.41) is 0. The number of carbonyl (C=O) groups excluding carboxylic acids is 1. The lowest BCUT2D eigenvalue weighted by Gasteiger charge is -2.29. The number of halogens is 1. The minimum Gasteiger partial charge on any atom is -0.351 e. The second kappa shape index (κ2) is 7.41. The molecule has 1 aromatic carbocycles. The van der Waals surface area contributed by atoms with Gasteiger partial charge in [0.05, 0.1) is 12.0 Å². The molecule has 1 atom stereocenters. The number of benzene rings is 1. The number of likely N-dealkylation sites (tertiary alicyclic amines) is 1. The standard InChI is InChI=1S/C18H22BrN3O/c1-22-8-6-13(7-9-22)18(23)10-15(17-11-20-12-21-17)14-4-2-3-5-16(14)19/h2-5,11-13,15H,6-10H2,1H3,(H,20,21). The molecule has 0 radical (unpaired) electrons. The van der Waals surface area contributed by atoms with Gasteiger partial charge >= 0.3 is 0 Å². The minimum absolute atomic E-state index is 0.00369. The molecule has 1 fully saturated rings. The average molecular weight is 376 g/mol. The van der Waals surface area contributed by atoms with Crippen molar-refractivity contribution in [3.05, 3.63) is 52.5 Å². The van der Waals surface area contributed by atoms with Crippen molar-refractivity contribution in [3.8, 4) is 0 Å². The molecular formula is C18H22BrN3O. The number of nitrogens with one attached hydrogen (secondary N) is 1. The second-order valence-corrected chi connectivity index (χ2v) is 7.17. The van der Waals surface area contributed by atoms with Gasteiger partial charge in [-0.2, -0.15) is 0 Å². The van der Waals surface area contributed by atoms with Crippen molar-refractivity contribution in [2.75, 3.05) is 20.1 Å². The van der Waals surface area contributed by atoms with E-state index in [1.54, 1.807) is 6.33 Å². The van der Waals surface area contributed by atoms with Crippen molar-refractivity contribution in [3.63, 3.8) is 0 Å². The Morgan fingerprint density at radius 1 is 1.39 bits per heavy atom. The summed E-state index contributed by atoms with van der Waals surface area (Å²) in [6.45, 7) is 2.02. The highest BCUT2D eigenvalue weighted by atomic mass is 79.9. The third-order valence-corrected chi connectivity index (χ3v) is 5.46. The van der Waals surface area contributed by atoms with Crippen LogP contribution in [0.1, 0.15) is 36.4 Å². The van der Waals surface area contributed by atoms with Crippen LogP contribution in [0.25, 0.3) is 0 Å². The van der Waals surface area contributed by atoms with Crippen molar-refractivity contribution in [2.24, 2.45) is 5.92 Å². The second-order valence-electron chi connectivity index (χ2n) is 6.32. The van der Waals surface area contributed by atoms with Gasteiger partial charge in [-0.1, -0.05) is 34.1 Å². The molecule has 0 aliphatic carbocycles. The normalized spacial score (nSPS) is 18.0. The lowest BCUT2D eigenvalue weighted by molar-refractivity contribution is -0.124. The van der Waals surface area contributed by atoms with Crippen LogP contribution < -0.4 is 0 Å². The van der Waals surface area contributed by atoms with E-state index in [9.17, 15) is 4.79 Å². The van der Waals surface area contributed by atoms with Crippen molar-refractivity contribution >= 4 is 21.7 Å². The predicted octanol–water partition coefficient (Wildman–Crippen LogP) is 3.61. The van der Waals surface area contributed by atoms with E-state index in [-0.39, 0.29) is 11.8 Å². The number of H-pyrrole nitrogens is 1. The maximum atomic E-state index is 12.8. The fourth-order valence-corrected chi connectivity index (χ4v) is 3.85. The summed E-state index contributed by atoms with van der Waals surface area (Å²) >= 11 is 3.62. The fourth-order valence-electron chi connectivity index (χ4n) is 3.29. The zero-order valence-electron chi connectivity index (χ0n) is 13.3. The molecule has 1 aliphatic rings. The van der Waals surface area contributed by atoms with Gasteiger partial charge in [-0.05, 0) is 44.6 Å². The first-order valence-electron chi connectivity index (χ1n) is 8.09. The molecule has 122 valence electrons. The molecule has 1 saturated heterocycles. The molecule has 2 aromatic rings. The number of hydrogen-bond donors (Lipinski definition) is 1. The SMILES string of the molecule is CN1CCC(C(=O)CC(c2c[nH]cn2)c2ccccc2Br)CC1. The van der Waals surface area contributed by atoms with Gasteiger partial charge in [-0.3, -0.25) is 4.79 Å². The first-order valence-corrected chi connectivity index (χ1v) is 8.89. The molecular weight excluding hydrogens is 354 g/mol. The number of imidazole rings is 1. The Labute approximate surface area is 145 Å². The number of rotatable bonds is 5. The van der Waals surface area contributed by atoms with E-state index in [1.165, 1.54) is 0 Å². The number of ketones is 1. The third-order valence-electron chi connectivity index (χ3n) is 4.74. The van der Waals surface area contributed by atoms with Gasteiger partial charge in [0.2, 0.25) is 0 Å². The molecule has 0 spiro atoms. The Morgan fingerprint density at radius 2 is 2.13 bits per heavy atom. The van der Waals surface area contributed by atoms with E-state index in [2.05, 4.69) is 43.9 Å². The fraction of sp³-hybridized carbons (Fsp3) is 0.444. The molecule has 1 unspecified atom stereocenters. The number of carbonyl (C=O) groups is 1. The third kappa shape index (κ3) is 3.90. The summed E-state index contributed by atoms with van der Waals surface area (Å²) in [4.78, 5) is 22.5. The van der Waals surface area contributed by atoms with Crippen LogP contribution in [0.5, 0.6) is 0 Å². The zero-order valence-corrected chi connectivity index (χ0v) is 14.9. The Kier molecular flexibility index (Phi) is 5.28. The van der Waals surface area contributed by atoms with Gasteiger partial charge in [0, 0.05) is 28.9 Å². The number of aromatic nitrogens is 2. The van der Waals surface area contributed by atoms with Gasteiger partial charge in [0.1, 0.15) is 5.78 Å². The molecule has 4 nitrogen and oxygen atoms in total. The van der Waals surface area contributed by atoms with Crippen molar-refractivity contribution < 1.29 is 4.79 Å². The molecule has 0 bridgehead atoms. The Hall–Kier alpha value is -1.46. The first kappa shape index (κ1) is 16.4. The maximum Gasteiger partial charge on any atom is 0.137 e. The van der Waals surface area contributed by atoms with E-state index in [1.807, 2.05) is 24.4 Å². The van der Waals surface area contributed by atoms with Gasteiger partial charge in [0.25, 0.3) is 0 Å². The number of piperidine rings is 1. The smallest absolute Gasteiger partial charge is 0.137 e. The lowest BCUT2D eigenvalue weighted by atomic mass is 9.84. The molecule has 1 aromatic heterocycles. The number of aromatic amines is 1. The summed E-state index contributed by atoms with van der Waals surface area (Å²) in [5.41, 5.74) is 2.05. The van der Waals surface area contributed by atoms with Crippen LogP contribution in [0.2, 0.25) is 0 Å². The van der Waals surface area contributed by atoms with Crippen LogP contribution in [-0.2, 0) is 4.79 Å². The molecule has 2 heterocycles. The highest BCUT2D eigenvalue weighted by Crippen LogP contribution is 2.34. The summed E-state index contributed by atoms with van der Waals surface area (Å²) < 4.78 is 1.03. The lowest BCUT2D eigenvalue weighted by Crippen LogP contribution is -2.34. The zero-order chi connectivity index (χ0) is 16.2. The van der Waals surface area contributed by atoms with Gasteiger partial charge in [-0.15, -0.1) is 0 Å². The summed E-state index contributed by atoms with van der Waals surface area (Å²) in [7, 11) is 2.12. The molecule has 5 heteroatoms. The number of nitrogens with zero attached hydrogens (tertiary/aromatic N) is 2. The van der Waals surface area contributed by atoms with E-state index >= 15 is 0 Å². The van der Waals surface area contributed by atoms with Crippen LogP contribution in [0, 0.1) is 5.92 Å². The van der Waals surface area contributed by atoms with Gasteiger partial charge < -0.3 is 9.88 Å². The Bertz CT molecular complexity index is 648. The van der Waals surface area contributed by atoms with Crippen LogP contribution in [0.4, 0.5) is 0 Å². The first-order chi connectivity index (χ1) is 11.1. The van der Waals surface area contributed by atoms with Gasteiger partial charge in [-0.25, -0.2) is 4.98 Å². The summed E-state index contributed by atoms with van der Waals surface area (Å²) in [6.07, 6.45) is 6.03. The number of Topliss-reactive ketones (excluding diaryl/α,β-unsaturated/α-hetero) is 1. The van der Waals surface area contributed by atoms with Crippen LogP contribution in [0.15, 0.2) is 41.3 Å². The van der Waals surface area contributed by atoms with Crippen LogP contribution in [0.3, 0.4) is 0 Å². The van der Waals surface area contributed by atoms with E-state index in [0.29, 0.717) is 12.2 Å². The molecule has 1 aliphatic heterocycles. The Balaban J connectivity index is 1.80. The molecule has 3 rings (SSSR count). The number of hydrogen-bond acceptors (Lipinski definition) is 3. The van der Waals surface area contributed by atoms with Crippen LogP contribution >= 0.6 is 15.9 Å². The molecule has 1 N–H and O–H groups in total. The maximum absolute atomic E-state index is 12.8. The topological polar surface area (TPSA) is 49.0 Å². The van der Waals surface area contributed by atoms with Crippen LogP contribution in [-0.4, -0.2) is 40.8 Å². The van der Waals surface area contributed by atoms with Crippen molar-refractivity contribution in [2.45, 2.75) is 25.2 Å². The highest BCUT2D eigenvalue weighted by Gasteiger charge is 2.28. The summed E-state index contributed by atoms with van der Waals surface area (Å²) in [6, 6.07) is 8.11.